The lowest BCUT2D eigenvalue weighted by Gasteiger charge is -2.36. The highest BCUT2D eigenvalue weighted by atomic mass is 16.1. The Morgan fingerprint density at radius 2 is 1.81 bits per heavy atom. The van der Waals surface area contributed by atoms with Crippen LogP contribution in [0.25, 0.3) is 0 Å². The van der Waals surface area contributed by atoms with E-state index in [9.17, 15) is 4.79 Å². The summed E-state index contributed by atoms with van der Waals surface area (Å²) in [6, 6.07) is 2.02. The fourth-order valence-corrected chi connectivity index (χ4v) is 2.65. The standard InChI is InChI=1S/C15H19N5O/c1-12-3-4-16-11-13(12)19-7-9-20(10-8-19)14-15(21)18(2)6-5-17-14/h3-6,11H,7-10H2,1-2H3. The maximum absolute atomic E-state index is 12.1. The molecule has 1 aliphatic heterocycles. The van der Waals surface area contributed by atoms with Gasteiger partial charge in [-0.25, -0.2) is 4.98 Å². The van der Waals surface area contributed by atoms with Crippen molar-refractivity contribution in [2.24, 2.45) is 7.05 Å². The Balaban J connectivity index is 1.75. The van der Waals surface area contributed by atoms with E-state index in [1.165, 1.54) is 11.3 Å². The smallest absolute Gasteiger partial charge is 0.293 e. The van der Waals surface area contributed by atoms with Gasteiger partial charge in [0.1, 0.15) is 0 Å². The number of hydrogen-bond donors (Lipinski definition) is 0. The van der Waals surface area contributed by atoms with Crippen LogP contribution >= 0.6 is 0 Å². The predicted octanol–water partition coefficient (Wildman–Crippen LogP) is 0.810. The maximum Gasteiger partial charge on any atom is 0.293 e. The van der Waals surface area contributed by atoms with Crippen LogP contribution in [0.3, 0.4) is 0 Å². The summed E-state index contributed by atoms with van der Waals surface area (Å²) in [5, 5.41) is 0. The molecule has 2 aromatic heterocycles. The molecule has 0 aromatic carbocycles. The van der Waals surface area contributed by atoms with Crippen molar-refractivity contribution in [1.82, 2.24) is 14.5 Å². The number of anilines is 2. The minimum Gasteiger partial charge on any atom is -0.367 e. The topological polar surface area (TPSA) is 54.3 Å². The van der Waals surface area contributed by atoms with E-state index in [-0.39, 0.29) is 5.56 Å². The largest absolute Gasteiger partial charge is 0.367 e. The van der Waals surface area contributed by atoms with E-state index >= 15 is 0 Å². The molecule has 0 aliphatic carbocycles. The monoisotopic (exact) mass is 285 g/mol. The summed E-state index contributed by atoms with van der Waals surface area (Å²) < 4.78 is 1.57. The number of aromatic nitrogens is 3. The average Bonchev–Trinajstić information content (AvgIpc) is 2.51. The van der Waals surface area contributed by atoms with Crippen molar-refractivity contribution in [3.8, 4) is 0 Å². The first-order valence-corrected chi connectivity index (χ1v) is 7.09. The SMILES string of the molecule is Cc1ccncc1N1CCN(c2nccn(C)c2=O)CC1. The number of hydrogen-bond acceptors (Lipinski definition) is 5. The van der Waals surface area contributed by atoms with Crippen molar-refractivity contribution in [3.63, 3.8) is 0 Å². The van der Waals surface area contributed by atoms with Crippen LogP contribution in [0.4, 0.5) is 11.5 Å². The summed E-state index contributed by atoms with van der Waals surface area (Å²) in [5.41, 5.74) is 2.36. The zero-order valence-corrected chi connectivity index (χ0v) is 12.4. The van der Waals surface area contributed by atoms with Gasteiger partial charge in [-0.15, -0.1) is 0 Å². The molecule has 0 radical (unpaired) electrons. The van der Waals surface area contributed by atoms with Gasteiger partial charge < -0.3 is 14.4 Å². The zero-order chi connectivity index (χ0) is 14.8. The van der Waals surface area contributed by atoms with Crippen LogP contribution in [0.15, 0.2) is 35.6 Å². The number of aryl methyl sites for hydroxylation is 2. The van der Waals surface area contributed by atoms with E-state index in [1.807, 2.05) is 18.5 Å². The summed E-state index contributed by atoms with van der Waals surface area (Å²) in [7, 11) is 1.75. The molecule has 0 unspecified atom stereocenters. The molecule has 6 heteroatoms. The molecule has 1 aliphatic rings. The minimum absolute atomic E-state index is 0.0384. The van der Waals surface area contributed by atoms with Crippen LogP contribution in [0.1, 0.15) is 5.56 Å². The molecule has 0 saturated carbocycles. The maximum atomic E-state index is 12.1. The number of piperazine rings is 1. The molecule has 0 amide bonds. The Hall–Kier alpha value is -2.37. The third kappa shape index (κ3) is 2.61. The molecule has 110 valence electrons. The molecule has 3 rings (SSSR count). The lowest BCUT2D eigenvalue weighted by molar-refractivity contribution is 0.637. The van der Waals surface area contributed by atoms with Gasteiger partial charge in [-0.05, 0) is 18.6 Å². The molecule has 1 fully saturated rings. The highest BCUT2D eigenvalue weighted by Gasteiger charge is 2.21. The number of pyridine rings is 1. The summed E-state index contributed by atoms with van der Waals surface area (Å²) in [6.45, 7) is 5.41. The molecule has 0 spiro atoms. The van der Waals surface area contributed by atoms with Gasteiger partial charge in [0.25, 0.3) is 5.56 Å². The summed E-state index contributed by atoms with van der Waals surface area (Å²) in [5.74, 6) is 0.544. The van der Waals surface area contributed by atoms with Crippen LogP contribution in [-0.2, 0) is 7.05 Å². The van der Waals surface area contributed by atoms with Gasteiger partial charge in [0.05, 0.1) is 11.9 Å². The number of nitrogens with zero attached hydrogens (tertiary/aromatic N) is 5. The normalized spacial score (nSPS) is 15.3. The third-order valence-corrected chi connectivity index (χ3v) is 3.93. The first-order valence-electron chi connectivity index (χ1n) is 7.09. The molecule has 3 heterocycles. The van der Waals surface area contributed by atoms with E-state index in [1.54, 1.807) is 24.0 Å². The fraction of sp³-hybridized carbons (Fsp3) is 0.400. The Kier molecular flexibility index (Phi) is 3.60. The van der Waals surface area contributed by atoms with Gasteiger partial charge >= 0.3 is 0 Å². The first-order chi connectivity index (χ1) is 10.2. The Morgan fingerprint density at radius 3 is 2.52 bits per heavy atom. The van der Waals surface area contributed by atoms with E-state index in [2.05, 4.69) is 26.7 Å². The molecular formula is C15H19N5O. The highest BCUT2D eigenvalue weighted by Crippen LogP contribution is 2.20. The second-order valence-electron chi connectivity index (χ2n) is 5.30. The van der Waals surface area contributed by atoms with Crippen LogP contribution in [0, 0.1) is 6.92 Å². The zero-order valence-electron chi connectivity index (χ0n) is 12.4. The van der Waals surface area contributed by atoms with Crippen molar-refractivity contribution >= 4 is 11.5 Å². The fourth-order valence-electron chi connectivity index (χ4n) is 2.65. The second kappa shape index (κ2) is 5.55. The van der Waals surface area contributed by atoms with Crippen LogP contribution < -0.4 is 15.4 Å². The van der Waals surface area contributed by atoms with Gasteiger partial charge in [0, 0.05) is 51.8 Å². The van der Waals surface area contributed by atoms with Gasteiger partial charge in [-0.3, -0.25) is 9.78 Å². The summed E-state index contributed by atoms with van der Waals surface area (Å²) in [4.78, 5) is 24.9. The lowest BCUT2D eigenvalue weighted by Crippen LogP contribution is -2.49. The van der Waals surface area contributed by atoms with Crippen molar-refractivity contribution in [3.05, 3.63) is 46.8 Å². The molecule has 2 aromatic rings. The van der Waals surface area contributed by atoms with Gasteiger partial charge in [0.15, 0.2) is 5.82 Å². The molecule has 21 heavy (non-hydrogen) atoms. The Bertz CT molecular complexity index is 688. The van der Waals surface area contributed by atoms with Crippen molar-refractivity contribution < 1.29 is 0 Å². The summed E-state index contributed by atoms with van der Waals surface area (Å²) >= 11 is 0. The van der Waals surface area contributed by atoms with Crippen molar-refractivity contribution in [2.75, 3.05) is 36.0 Å². The Labute approximate surface area is 123 Å². The lowest BCUT2D eigenvalue weighted by atomic mass is 10.2. The van der Waals surface area contributed by atoms with Crippen molar-refractivity contribution in [2.45, 2.75) is 6.92 Å². The average molecular weight is 285 g/mol. The number of rotatable bonds is 2. The van der Waals surface area contributed by atoms with E-state index in [0.717, 1.165) is 26.2 Å². The third-order valence-electron chi connectivity index (χ3n) is 3.93. The quantitative estimate of drug-likeness (QED) is 0.817. The minimum atomic E-state index is -0.0384. The van der Waals surface area contributed by atoms with Crippen molar-refractivity contribution in [1.29, 1.82) is 0 Å². The van der Waals surface area contributed by atoms with Crippen LogP contribution in [0.5, 0.6) is 0 Å². The Morgan fingerprint density at radius 1 is 1.10 bits per heavy atom. The van der Waals surface area contributed by atoms with Crippen LogP contribution in [-0.4, -0.2) is 40.7 Å². The molecule has 1 saturated heterocycles. The van der Waals surface area contributed by atoms with Gasteiger partial charge in [-0.1, -0.05) is 0 Å². The second-order valence-corrected chi connectivity index (χ2v) is 5.30. The van der Waals surface area contributed by atoms with E-state index in [4.69, 9.17) is 0 Å². The van der Waals surface area contributed by atoms with Crippen LogP contribution in [0.2, 0.25) is 0 Å². The van der Waals surface area contributed by atoms with E-state index in [0.29, 0.717) is 5.82 Å². The van der Waals surface area contributed by atoms with Gasteiger partial charge in [-0.2, -0.15) is 0 Å². The predicted molar refractivity (Wildman–Crippen MR) is 82.9 cm³/mol. The highest BCUT2D eigenvalue weighted by molar-refractivity contribution is 5.52. The van der Waals surface area contributed by atoms with Gasteiger partial charge in [0.2, 0.25) is 0 Å². The molecule has 6 nitrogen and oxygen atoms in total. The molecule has 0 bridgehead atoms. The summed E-state index contributed by atoms with van der Waals surface area (Å²) in [6.07, 6.45) is 7.08. The molecule has 0 atom stereocenters. The van der Waals surface area contributed by atoms with E-state index < -0.39 is 0 Å². The molecule has 0 N–H and O–H groups in total. The molecular weight excluding hydrogens is 266 g/mol. The first kappa shape index (κ1) is 13.6.